The second kappa shape index (κ2) is 5.12. The van der Waals surface area contributed by atoms with Crippen LogP contribution in [-0.4, -0.2) is 12.5 Å². The Kier molecular flexibility index (Phi) is 3.55. The first-order chi connectivity index (χ1) is 8.56. The van der Waals surface area contributed by atoms with E-state index < -0.39 is 0 Å². The highest BCUT2D eigenvalue weighted by atomic mass is 16.3. The lowest BCUT2D eigenvalue weighted by Crippen LogP contribution is -2.24. The van der Waals surface area contributed by atoms with Crippen LogP contribution in [0, 0.1) is 5.92 Å². The molecule has 3 N–H and O–H groups in total. The van der Waals surface area contributed by atoms with Gasteiger partial charge in [0, 0.05) is 17.6 Å². The minimum atomic E-state index is -0.176. The third-order valence-electron chi connectivity index (χ3n) is 2.77. The maximum atomic E-state index is 11.8. The number of anilines is 1. The molecule has 0 atom stereocenters. The molecule has 1 amide bonds. The Morgan fingerprint density at radius 2 is 2.17 bits per heavy atom. The number of hydrogen-bond donors (Lipinski definition) is 2. The highest BCUT2D eigenvalue weighted by Gasteiger charge is 2.11. The van der Waals surface area contributed by atoms with Gasteiger partial charge in [-0.05, 0) is 36.6 Å². The van der Waals surface area contributed by atoms with Gasteiger partial charge in [-0.15, -0.1) is 0 Å². The van der Waals surface area contributed by atoms with E-state index in [1.54, 1.807) is 24.3 Å². The third-order valence-corrected chi connectivity index (χ3v) is 2.77. The van der Waals surface area contributed by atoms with Crippen molar-refractivity contribution in [2.45, 2.75) is 20.3 Å². The van der Waals surface area contributed by atoms with Crippen LogP contribution < -0.4 is 11.1 Å². The van der Waals surface area contributed by atoms with Gasteiger partial charge in [-0.25, -0.2) is 0 Å². The number of hydrogen-bond acceptors (Lipinski definition) is 3. The van der Waals surface area contributed by atoms with Gasteiger partial charge < -0.3 is 15.5 Å². The number of nitrogen functional groups attached to an aromatic ring is 1. The maximum absolute atomic E-state index is 11.8. The quantitative estimate of drug-likeness (QED) is 0.815. The molecule has 0 saturated heterocycles. The number of benzene rings is 1. The maximum Gasteiger partial charge on any atom is 0.287 e. The van der Waals surface area contributed by atoms with Crippen molar-refractivity contribution in [3.8, 4) is 0 Å². The van der Waals surface area contributed by atoms with Crippen molar-refractivity contribution in [1.82, 2.24) is 5.32 Å². The molecule has 0 unspecified atom stereocenters. The highest BCUT2D eigenvalue weighted by molar-refractivity contribution is 5.96. The average molecular weight is 246 g/mol. The van der Waals surface area contributed by atoms with Crippen molar-refractivity contribution in [3.05, 3.63) is 30.0 Å². The minimum absolute atomic E-state index is 0.176. The molecule has 96 valence electrons. The molecule has 1 aromatic carbocycles. The fraction of sp³-hybridized carbons (Fsp3) is 0.357. The van der Waals surface area contributed by atoms with Crippen LogP contribution in [0.1, 0.15) is 30.8 Å². The van der Waals surface area contributed by atoms with Gasteiger partial charge in [0.05, 0.1) is 0 Å². The molecule has 0 spiro atoms. The summed E-state index contributed by atoms with van der Waals surface area (Å²) < 4.78 is 5.47. The molecule has 1 heterocycles. The Labute approximate surface area is 106 Å². The standard InChI is InChI=1S/C14H18N2O2/c1-9(2)5-6-16-14(17)13-8-10-7-11(15)3-4-12(10)18-13/h3-4,7-9H,5-6,15H2,1-2H3,(H,16,17). The lowest BCUT2D eigenvalue weighted by molar-refractivity contribution is 0.0926. The smallest absolute Gasteiger partial charge is 0.287 e. The molecule has 1 aromatic heterocycles. The molecule has 4 nitrogen and oxygen atoms in total. The van der Waals surface area contributed by atoms with Crippen LogP contribution >= 0.6 is 0 Å². The lowest BCUT2D eigenvalue weighted by atomic mass is 10.1. The topological polar surface area (TPSA) is 68.3 Å². The Bertz CT molecular complexity index is 558. The summed E-state index contributed by atoms with van der Waals surface area (Å²) in [6.07, 6.45) is 0.957. The van der Waals surface area contributed by atoms with Gasteiger partial charge in [-0.2, -0.15) is 0 Å². The van der Waals surface area contributed by atoms with Gasteiger partial charge in [0.2, 0.25) is 0 Å². The number of fused-ring (bicyclic) bond motifs is 1. The van der Waals surface area contributed by atoms with Crippen LogP contribution in [0.25, 0.3) is 11.0 Å². The molecular weight excluding hydrogens is 228 g/mol. The van der Waals surface area contributed by atoms with E-state index in [9.17, 15) is 4.79 Å². The number of rotatable bonds is 4. The number of carbonyl (C=O) groups excluding carboxylic acids is 1. The molecule has 0 aliphatic heterocycles. The largest absolute Gasteiger partial charge is 0.451 e. The Morgan fingerprint density at radius 3 is 2.89 bits per heavy atom. The Hall–Kier alpha value is -1.97. The van der Waals surface area contributed by atoms with Gasteiger partial charge >= 0.3 is 0 Å². The summed E-state index contributed by atoms with van der Waals surface area (Å²) in [5.41, 5.74) is 7.02. The Balaban J connectivity index is 2.08. The second-order valence-corrected chi connectivity index (χ2v) is 4.85. The van der Waals surface area contributed by atoms with E-state index in [1.807, 2.05) is 0 Å². The van der Waals surface area contributed by atoms with Gasteiger partial charge in [0.1, 0.15) is 5.58 Å². The van der Waals surface area contributed by atoms with Crippen molar-refractivity contribution in [1.29, 1.82) is 0 Å². The number of furan rings is 1. The van der Waals surface area contributed by atoms with E-state index in [-0.39, 0.29) is 5.91 Å². The van der Waals surface area contributed by atoms with Crippen LogP contribution in [-0.2, 0) is 0 Å². The van der Waals surface area contributed by atoms with Crippen LogP contribution in [0.5, 0.6) is 0 Å². The first-order valence-corrected chi connectivity index (χ1v) is 6.13. The third kappa shape index (κ3) is 2.83. The predicted octanol–water partition coefficient (Wildman–Crippen LogP) is 2.79. The van der Waals surface area contributed by atoms with E-state index in [0.717, 1.165) is 11.8 Å². The summed E-state index contributed by atoms with van der Waals surface area (Å²) >= 11 is 0. The van der Waals surface area contributed by atoms with E-state index in [4.69, 9.17) is 10.2 Å². The summed E-state index contributed by atoms with van der Waals surface area (Å²) in [7, 11) is 0. The van der Waals surface area contributed by atoms with Crippen molar-refractivity contribution in [2.75, 3.05) is 12.3 Å². The summed E-state index contributed by atoms with van der Waals surface area (Å²) in [5, 5.41) is 3.69. The zero-order valence-electron chi connectivity index (χ0n) is 10.7. The van der Waals surface area contributed by atoms with Crippen molar-refractivity contribution in [3.63, 3.8) is 0 Å². The SMILES string of the molecule is CC(C)CCNC(=O)c1cc2cc(N)ccc2o1. The van der Waals surface area contributed by atoms with E-state index in [2.05, 4.69) is 19.2 Å². The summed E-state index contributed by atoms with van der Waals surface area (Å²) in [4.78, 5) is 11.8. The molecule has 18 heavy (non-hydrogen) atoms. The number of nitrogens with one attached hydrogen (secondary N) is 1. The number of carbonyl (C=O) groups is 1. The molecule has 0 fully saturated rings. The monoisotopic (exact) mass is 246 g/mol. The van der Waals surface area contributed by atoms with Crippen molar-refractivity contribution < 1.29 is 9.21 Å². The van der Waals surface area contributed by atoms with Crippen LogP contribution in [0.2, 0.25) is 0 Å². The minimum Gasteiger partial charge on any atom is -0.451 e. The summed E-state index contributed by atoms with van der Waals surface area (Å²) in [6.45, 7) is 4.90. The fourth-order valence-electron chi connectivity index (χ4n) is 1.74. The highest BCUT2D eigenvalue weighted by Crippen LogP contribution is 2.21. The first-order valence-electron chi connectivity index (χ1n) is 6.13. The van der Waals surface area contributed by atoms with Gasteiger partial charge in [0.25, 0.3) is 5.91 Å². The van der Waals surface area contributed by atoms with Crippen LogP contribution in [0.15, 0.2) is 28.7 Å². The Morgan fingerprint density at radius 1 is 1.39 bits per heavy atom. The fourth-order valence-corrected chi connectivity index (χ4v) is 1.74. The van der Waals surface area contributed by atoms with Gasteiger partial charge in [-0.3, -0.25) is 4.79 Å². The second-order valence-electron chi connectivity index (χ2n) is 4.85. The summed E-state index contributed by atoms with van der Waals surface area (Å²) in [6, 6.07) is 7.04. The van der Waals surface area contributed by atoms with Crippen LogP contribution in [0.3, 0.4) is 0 Å². The van der Waals surface area contributed by atoms with E-state index >= 15 is 0 Å². The molecular formula is C14H18N2O2. The average Bonchev–Trinajstić information content (AvgIpc) is 2.71. The number of amides is 1. The summed E-state index contributed by atoms with van der Waals surface area (Å²) in [5.74, 6) is 0.727. The van der Waals surface area contributed by atoms with Crippen LogP contribution in [0.4, 0.5) is 5.69 Å². The zero-order valence-corrected chi connectivity index (χ0v) is 10.7. The van der Waals surface area contributed by atoms with Gasteiger partial charge in [0.15, 0.2) is 5.76 Å². The van der Waals surface area contributed by atoms with Crippen molar-refractivity contribution in [2.24, 2.45) is 5.92 Å². The molecule has 2 aromatic rings. The number of nitrogens with two attached hydrogens (primary N) is 1. The predicted molar refractivity (Wildman–Crippen MR) is 72.4 cm³/mol. The molecule has 2 rings (SSSR count). The molecule has 0 aliphatic carbocycles. The first kappa shape index (κ1) is 12.5. The molecule has 0 radical (unpaired) electrons. The van der Waals surface area contributed by atoms with Crippen molar-refractivity contribution >= 4 is 22.6 Å². The molecule has 0 bridgehead atoms. The molecule has 0 saturated carbocycles. The van der Waals surface area contributed by atoms with E-state index in [0.29, 0.717) is 29.5 Å². The van der Waals surface area contributed by atoms with Gasteiger partial charge in [-0.1, -0.05) is 13.8 Å². The molecule has 4 heteroatoms. The zero-order chi connectivity index (χ0) is 13.1. The van der Waals surface area contributed by atoms with E-state index in [1.165, 1.54) is 0 Å². The lowest BCUT2D eigenvalue weighted by Gasteiger charge is -2.04. The molecule has 0 aliphatic rings. The normalized spacial score (nSPS) is 11.1.